The van der Waals surface area contributed by atoms with Crippen LogP contribution in [0.15, 0.2) is 12.7 Å². The summed E-state index contributed by atoms with van der Waals surface area (Å²) in [4.78, 5) is 0. The van der Waals surface area contributed by atoms with E-state index in [2.05, 4.69) is 27.4 Å². The highest BCUT2D eigenvalue weighted by Crippen LogP contribution is 2.41. The molecule has 0 aromatic rings. The van der Waals surface area contributed by atoms with Gasteiger partial charge in [-0.3, -0.25) is 0 Å². The molecule has 0 aliphatic heterocycles. The van der Waals surface area contributed by atoms with Crippen molar-refractivity contribution in [1.82, 2.24) is 0 Å². The molecule has 1 atom stereocenters. The second-order valence-electron chi connectivity index (χ2n) is 5.51. The lowest BCUT2D eigenvalue weighted by Crippen LogP contribution is -2.44. The van der Waals surface area contributed by atoms with Crippen LogP contribution in [0.1, 0.15) is 46.5 Å². The maximum atomic E-state index is 6.16. The third-order valence-electron chi connectivity index (χ3n) is 3.66. The van der Waals surface area contributed by atoms with Gasteiger partial charge in [0.05, 0.1) is 0 Å². The van der Waals surface area contributed by atoms with Crippen molar-refractivity contribution < 1.29 is 0 Å². The van der Waals surface area contributed by atoms with E-state index >= 15 is 0 Å². The minimum atomic E-state index is -0.156. The number of hydrogen-bond donors (Lipinski definition) is 1. The van der Waals surface area contributed by atoms with Gasteiger partial charge in [0.15, 0.2) is 0 Å². The van der Waals surface area contributed by atoms with Gasteiger partial charge in [-0.2, -0.15) is 0 Å². The first kappa shape index (κ1) is 10.8. The van der Waals surface area contributed by atoms with Crippen LogP contribution in [0.25, 0.3) is 0 Å². The zero-order valence-corrected chi connectivity index (χ0v) is 9.27. The molecule has 0 spiro atoms. The summed E-state index contributed by atoms with van der Waals surface area (Å²) < 4.78 is 0. The lowest BCUT2D eigenvalue weighted by Gasteiger charge is -2.40. The third kappa shape index (κ3) is 2.57. The molecule has 2 N–H and O–H groups in total. The fourth-order valence-corrected chi connectivity index (χ4v) is 2.19. The van der Waals surface area contributed by atoms with E-state index in [0.29, 0.717) is 11.3 Å². The SMILES string of the molecule is C=CC(C)(N)C1CCC(C)(C)CC1. The van der Waals surface area contributed by atoms with E-state index in [1.807, 2.05) is 6.08 Å². The first-order chi connectivity index (χ1) is 5.87. The van der Waals surface area contributed by atoms with Crippen molar-refractivity contribution in [2.24, 2.45) is 17.1 Å². The molecule has 13 heavy (non-hydrogen) atoms. The Morgan fingerprint density at radius 2 is 1.85 bits per heavy atom. The Bertz CT molecular complexity index is 181. The Morgan fingerprint density at radius 1 is 1.38 bits per heavy atom. The van der Waals surface area contributed by atoms with Gasteiger partial charge < -0.3 is 5.73 Å². The van der Waals surface area contributed by atoms with Crippen molar-refractivity contribution in [3.05, 3.63) is 12.7 Å². The fourth-order valence-electron chi connectivity index (χ4n) is 2.19. The van der Waals surface area contributed by atoms with Gasteiger partial charge in [-0.1, -0.05) is 19.9 Å². The number of hydrogen-bond acceptors (Lipinski definition) is 1. The number of nitrogens with two attached hydrogens (primary N) is 1. The quantitative estimate of drug-likeness (QED) is 0.651. The van der Waals surface area contributed by atoms with Crippen LogP contribution < -0.4 is 5.73 Å². The Kier molecular flexibility index (Phi) is 2.86. The van der Waals surface area contributed by atoms with Gasteiger partial charge in [0.1, 0.15) is 0 Å². The lowest BCUT2D eigenvalue weighted by molar-refractivity contribution is 0.156. The molecule has 1 unspecified atom stereocenters. The minimum Gasteiger partial charge on any atom is -0.322 e. The summed E-state index contributed by atoms with van der Waals surface area (Å²) >= 11 is 0. The van der Waals surface area contributed by atoms with E-state index in [1.54, 1.807) is 0 Å². The van der Waals surface area contributed by atoms with Crippen LogP contribution in [0, 0.1) is 11.3 Å². The van der Waals surface area contributed by atoms with Crippen LogP contribution in [-0.2, 0) is 0 Å². The van der Waals surface area contributed by atoms with E-state index < -0.39 is 0 Å². The van der Waals surface area contributed by atoms with Crippen molar-refractivity contribution in [3.8, 4) is 0 Å². The highest BCUT2D eigenvalue weighted by atomic mass is 14.7. The standard InChI is InChI=1S/C12H23N/c1-5-12(4,13)10-6-8-11(2,3)9-7-10/h5,10H,1,6-9,13H2,2-4H3. The van der Waals surface area contributed by atoms with Crippen LogP contribution in [0.2, 0.25) is 0 Å². The van der Waals surface area contributed by atoms with E-state index in [4.69, 9.17) is 5.73 Å². The highest BCUT2D eigenvalue weighted by molar-refractivity contribution is 5.03. The second-order valence-corrected chi connectivity index (χ2v) is 5.51. The molecule has 0 bridgehead atoms. The maximum Gasteiger partial charge on any atom is 0.0336 e. The first-order valence-electron chi connectivity index (χ1n) is 5.30. The van der Waals surface area contributed by atoms with Gasteiger partial charge in [-0.05, 0) is 43.9 Å². The van der Waals surface area contributed by atoms with Gasteiger partial charge in [0.25, 0.3) is 0 Å². The van der Waals surface area contributed by atoms with Crippen molar-refractivity contribution in [3.63, 3.8) is 0 Å². The van der Waals surface area contributed by atoms with Crippen molar-refractivity contribution in [2.45, 2.75) is 52.0 Å². The summed E-state index contributed by atoms with van der Waals surface area (Å²) in [6.07, 6.45) is 7.03. The first-order valence-corrected chi connectivity index (χ1v) is 5.30. The average Bonchev–Trinajstić information content (AvgIpc) is 2.04. The smallest absolute Gasteiger partial charge is 0.0336 e. The molecule has 1 rings (SSSR count). The molecule has 0 heterocycles. The van der Waals surface area contributed by atoms with Gasteiger partial charge >= 0.3 is 0 Å². The Hall–Kier alpha value is -0.300. The zero-order valence-electron chi connectivity index (χ0n) is 9.27. The van der Waals surface area contributed by atoms with Crippen molar-refractivity contribution in [2.75, 3.05) is 0 Å². The van der Waals surface area contributed by atoms with Crippen LogP contribution >= 0.6 is 0 Å². The van der Waals surface area contributed by atoms with Gasteiger partial charge in [-0.15, -0.1) is 6.58 Å². The van der Waals surface area contributed by atoms with Gasteiger partial charge in [0, 0.05) is 5.54 Å². The summed E-state index contributed by atoms with van der Waals surface area (Å²) in [7, 11) is 0. The normalized spacial score (nSPS) is 28.0. The van der Waals surface area contributed by atoms with E-state index in [9.17, 15) is 0 Å². The molecule has 1 heteroatoms. The molecule has 1 aliphatic carbocycles. The fraction of sp³-hybridized carbons (Fsp3) is 0.833. The molecular weight excluding hydrogens is 158 g/mol. The molecule has 1 aliphatic rings. The molecule has 0 amide bonds. The Labute approximate surface area is 82.4 Å². The molecular formula is C12H23N. The number of rotatable bonds is 2. The molecule has 76 valence electrons. The summed E-state index contributed by atoms with van der Waals surface area (Å²) in [5.74, 6) is 0.637. The topological polar surface area (TPSA) is 26.0 Å². The Morgan fingerprint density at radius 3 is 2.23 bits per heavy atom. The van der Waals surface area contributed by atoms with E-state index in [1.165, 1.54) is 25.7 Å². The second kappa shape index (κ2) is 3.45. The predicted octanol–water partition coefficient (Wildman–Crippen LogP) is 3.11. The van der Waals surface area contributed by atoms with Crippen molar-refractivity contribution in [1.29, 1.82) is 0 Å². The van der Waals surface area contributed by atoms with Crippen LogP contribution in [0.3, 0.4) is 0 Å². The maximum absolute atomic E-state index is 6.16. The largest absolute Gasteiger partial charge is 0.322 e. The molecule has 1 saturated carbocycles. The summed E-state index contributed by atoms with van der Waals surface area (Å²) in [5, 5.41) is 0. The minimum absolute atomic E-state index is 0.156. The zero-order chi connectivity index (χ0) is 10.1. The Balaban J connectivity index is 2.55. The average molecular weight is 181 g/mol. The molecule has 0 saturated heterocycles. The monoisotopic (exact) mass is 181 g/mol. The summed E-state index contributed by atoms with van der Waals surface area (Å²) in [6.45, 7) is 10.6. The summed E-state index contributed by atoms with van der Waals surface area (Å²) in [5.41, 5.74) is 6.54. The molecule has 0 radical (unpaired) electrons. The summed E-state index contributed by atoms with van der Waals surface area (Å²) in [6, 6.07) is 0. The highest BCUT2D eigenvalue weighted by Gasteiger charge is 2.34. The van der Waals surface area contributed by atoms with Crippen LogP contribution in [-0.4, -0.2) is 5.54 Å². The van der Waals surface area contributed by atoms with Gasteiger partial charge in [-0.25, -0.2) is 0 Å². The molecule has 0 aromatic heterocycles. The molecule has 1 nitrogen and oxygen atoms in total. The lowest BCUT2D eigenvalue weighted by atomic mass is 9.68. The predicted molar refractivity (Wildman–Crippen MR) is 58.5 cm³/mol. The van der Waals surface area contributed by atoms with E-state index in [-0.39, 0.29) is 5.54 Å². The van der Waals surface area contributed by atoms with E-state index in [0.717, 1.165) is 0 Å². The third-order valence-corrected chi connectivity index (χ3v) is 3.66. The molecule has 0 aromatic carbocycles. The van der Waals surface area contributed by atoms with Crippen molar-refractivity contribution >= 4 is 0 Å². The molecule has 1 fully saturated rings. The van der Waals surface area contributed by atoms with Crippen LogP contribution in [0.5, 0.6) is 0 Å². The van der Waals surface area contributed by atoms with Gasteiger partial charge in [0.2, 0.25) is 0 Å². The van der Waals surface area contributed by atoms with Crippen LogP contribution in [0.4, 0.5) is 0 Å².